The highest BCUT2D eigenvalue weighted by molar-refractivity contribution is 6.46. The van der Waals surface area contributed by atoms with Gasteiger partial charge in [-0.3, -0.25) is 9.59 Å². The lowest BCUT2D eigenvalue weighted by atomic mass is 9.95. The van der Waals surface area contributed by atoms with Crippen molar-refractivity contribution in [2.45, 2.75) is 12.5 Å². The maximum atomic E-state index is 12.8. The summed E-state index contributed by atoms with van der Waals surface area (Å²) >= 11 is 12.0. The summed E-state index contributed by atoms with van der Waals surface area (Å²) in [5.74, 6) is -1.63. The molecule has 1 atom stereocenters. The Morgan fingerprint density at radius 2 is 1.82 bits per heavy atom. The van der Waals surface area contributed by atoms with E-state index in [4.69, 9.17) is 27.9 Å². The van der Waals surface area contributed by atoms with E-state index in [1.165, 1.54) is 4.90 Å². The summed E-state index contributed by atoms with van der Waals surface area (Å²) in [4.78, 5) is 27.0. The van der Waals surface area contributed by atoms with Crippen LogP contribution in [0.25, 0.3) is 5.76 Å². The van der Waals surface area contributed by atoms with Gasteiger partial charge in [0.1, 0.15) is 5.76 Å². The molecule has 5 nitrogen and oxygen atoms in total. The van der Waals surface area contributed by atoms with Crippen LogP contribution in [0, 0.1) is 0 Å². The Kier molecular flexibility index (Phi) is 6.39. The molecule has 1 aliphatic rings. The number of halogens is 2. The quantitative estimate of drug-likeness (QED) is 0.325. The summed E-state index contributed by atoms with van der Waals surface area (Å²) in [5, 5.41) is 11.8. The molecule has 1 unspecified atom stereocenters. The molecule has 146 valence electrons. The number of benzene rings is 2. The van der Waals surface area contributed by atoms with Crippen LogP contribution in [0.15, 0.2) is 54.1 Å². The van der Waals surface area contributed by atoms with Gasteiger partial charge in [-0.2, -0.15) is 0 Å². The van der Waals surface area contributed by atoms with Crippen LogP contribution in [0.1, 0.15) is 23.6 Å². The first-order valence-corrected chi connectivity index (χ1v) is 9.48. The van der Waals surface area contributed by atoms with Crippen molar-refractivity contribution in [3.05, 3.63) is 75.3 Å². The van der Waals surface area contributed by atoms with E-state index < -0.39 is 17.7 Å². The first-order valence-electron chi connectivity index (χ1n) is 8.72. The molecule has 0 bridgehead atoms. The molecule has 1 saturated heterocycles. The zero-order valence-corrected chi connectivity index (χ0v) is 16.7. The molecule has 0 radical (unpaired) electrons. The third-order valence-electron chi connectivity index (χ3n) is 4.57. The van der Waals surface area contributed by atoms with Crippen molar-refractivity contribution in [1.82, 2.24) is 4.90 Å². The zero-order valence-electron chi connectivity index (χ0n) is 15.2. The maximum absolute atomic E-state index is 12.8. The van der Waals surface area contributed by atoms with Crippen molar-refractivity contribution >= 4 is 40.7 Å². The number of carbonyl (C=O) groups is 2. The van der Waals surface area contributed by atoms with Crippen molar-refractivity contribution in [1.29, 1.82) is 0 Å². The molecule has 1 N–H and O–H groups in total. The molecule has 0 saturated carbocycles. The minimum atomic E-state index is -0.727. The molecule has 0 aromatic heterocycles. The molecule has 2 aromatic carbocycles. The summed E-state index contributed by atoms with van der Waals surface area (Å²) in [6, 6.07) is 12.7. The number of nitrogens with zero attached hydrogens (tertiary/aromatic N) is 1. The SMILES string of the molecule is COCCCN1C(=O)C(=O)/C(=C(\O)c2cccc(Cl)c2)C1c1ccc(Cl)cc1. The van der Waals surface area contributed by atoms with Crippen molar-refractivity contribution in [2.24, 2.45) is 0 Å². The van der Waals surface area contributed by atoms with Crippen LogP contribution >= 0.6 is 23.2 Å². The van der Waals surface area contributed by atoms with E-state index in [0.717, 1.165) is 0 Å². The van der Waals surface area contributed by atoms with E-state index in [-0.39, 0.29) is 11.3 Å². The van der Waals surface area contributed by atoms with E-state index in [1.54, 1.807) is 55.6 Å². The van der Waals surface area contributed by atoms with Crippen LogP contribution in [-0.2, 0) is 14.3 Å². The monoisotopic (exact) mass is 419 g/mol. The normalized spacial score (nSPS) is 18.7. The number of ketones is 1. The standard InChI is InChI=1S/C21H19Cl2NO4/c1-28-11-3-10-24-18(13-6-8-15(22)9-7-13)17(20(26)21(24)27)19(25)14-4-2-5-16(23)12-14/h2,4-9,12,18,25H,3,10-11H2,1H3/b19-17-. The second-order valence-corrected chi connectivity index (χ2v) is 7.27. The van der Waals surface area contributed by atoms with Gasteiger partial charge < -0.3 is 14.7 Å². The third kappa shape index (κ3) is 4.07. The number of aliphatic hydroxyl groups excluding tert-OH is 1. The molecule has 1 heterocycles. The van der Waals surface area contributed by atoms with Gasteiger partial charge in [-0.1, -0.05) is 47.5 Å². The topological polar surface area (TPSA) is 66.8 Å². The largest absolute Gasteiger partial charge is 0.507 e. The van der Waals surface area contributed by atoms with Crippen molar-refractivity contribution in [3.63, 3.8) is 0 Å². The van der Waals surface area contributed by atoms with Crippen LogP contribution in [-0.4, -0.2) is 42.0 Å². The Bertz CT molecular complexity index is 924. The van der Waals surface area contributed by atoms with Crippen molar-refractivity contribution in [2.75, 3.05) is 20.3 Å². The van der Waals surface area contributed by atoms with Gasteiger partial charge >= 0.3 is 0 Å². The lowest BCUT2D eigenvalue weighted by Crippen LogP contribution is -2.31. The molecule has 2 aromatic rings. The summed E-state index contributed by atoms with van der Waals surface area (Å²) in [6.45, 7) is 0.767. The predicted octanol–water partition coefficient (Wildman–Crippen LogP) is 4.45. The van der Waals surface area contributed by atoms with Gasteiger partial charge in [0.2, 0.25) is 0 Å². The van der Waals surface area contributed by atoms with E-state index in [0.29, 0.717) is 40.7 Å². The van der Waals surface area contributed by atoms with Crippen LogP contribution < -0.4 is 0 Å². The summed E-state index contributed by atoms with van der Waals surface area (Å²) in [7, 11) is 1.57. The Hall–Kier alpha value is -2.34. The number of hydrogen-bond acceptors (Lipinski definition) is 4. The van der Waals surface area contributed by atoms with Crippen LogP contribution in [0.5, 0.6) is 0 Å². The van der Waals surface area contributed by atoms with Gasteiger partial charge in [0, 0.05) is 35.9 Å². The second-order valence-electron chi connectivity index (χ2n) is 6.40. The molecule has 1 aliphatic heterocycles. The Morgan fingerprint density at radius 1 is 1.11 bits per heavy atom. The van der Waals surface area contributed by atoms with Gasteiger partial charge in [0.15, 0.2) is 0 Å². The number of methoxy groups -OCH3 is 1. The first kappa shape index (κ1) is 20.4. The van der Waals surface area contributed by atoms with E-state index >= 15 is 0 Å². The number of ether oxygens (including phenoxy) is 1. The third-order valence-corrected chi connectivity index (χ3v) is 5.06. The highest BCUT2D eigenvalue weighted by atomic mass is 35.5. The molecule has 0 aliphatic carbocycles. The number of carbonyl (C=O) groups excluding carboxylic acids is 2. The average molecular weight is 420 g/mol. The number of rotatable bonds is 6. The van der Waals surface area contributed by atoms with Gasteiger partial charge in [-0.25, -0.2) is 0 Å². The fourth-order valence-corrected chi connectivity index (χ4v) is 3.59. The number of hydrogen-bond donors (Lipinski definition) is 1. The molecule has 1 amide bonds. The number of amides is 1. The minimum Gasteiger partial charge on any atom is -0.507 e. The molecular formula is C21H19Cl2NO4. The summed E-state index contributed by atoms with van der Waals surface area (Å²) in [6.07, 6.45) is 0.560. The fourth-order valence-electron chi connectivity index (χ4n) is 3.27. The summed E-state index contributed by atoms with van der Waals surface area (Å²) < 4.78 is 5.06. The average Bonchev–Trinajstić information content (AvgIpc) is 2.93. The maximum Gasteiger partial charge on any atom is 0.295 e. The number of likely N-dealkylation sites (tertiary alicyclic amines) is 1. The predicted molar refractivity (Wildman–Crippen MR) is 108 cm³/mol. The second kappa shape index (κ2) is 8.78. The minimum absolute atomic E-state index is 0.0343. The lowest BCUT2D eigenvalue weighted by Gasteiger charge is -2.25. The van der Waals surface area contributed by atoms with E-state index in [2.05, 4.69) is 0 Å². The number of aliphatic hydroxyl groups is 1. The van der Waals surface area contributed by atoms with Gasteiger partial charge in [0.25, 0.3) is 11.7 Å². The van der Waals surface area contributed by atoms with Gasteiger partial charge in [-0.15, -0.1) is 0 Å². The lowest BCUT2D eigenvalue weighted by molar-refractivity contribution is -0.140. The highest BCUT2D eigenvalue weighted by Crippen LogP contribution is 2.39. The highest BCUT2D eigenvalue weighted by Gasteiger charge is 2.45. The Morgan fingerprint density at radius 3 is 2.46 bits per heavy atom. The Balaban J connectivity index is 2.12. The van der Waals surface area contributed by atoms with Crippen LogP contribution in [0.4, 0.5) is 0 Å². The Labute approximate surface area is 173 Å². The number of Topliss-reactive ketones (excluding diaryl/α,β-unsaturated/α-hetero) is 1. The summed E-state index contributed by atoms with van der Waals surface area (Å²) in [5.41, 5.74) is 1.10. The van der Waals surface area contributed by atoms with Crippen LogP contribution in [0.2, 0.25) is 10.0 Å². The van der Waals surface area contributed by atoms with Crippen molar-refractivity contribution < 1.29 is 19.4 Å². The van der Waals surface area contributed by atoms with E-state index in [1.807, 2.05) is 0 Å². The smallest absolute Gasteiger partial charge is 0.295 e. The molecule has 3 rings (SSSR count). The van der Waals surface area contributed by atoms with Crippen LogP contribution in [0.3, 0.4) is 0 Å². The zero-order chi connectivity index (χ0) is 20.3. The molecular weight excluding hydrogens is 401 g/mol. The molecule has 0 spiro atoms. The molecule has 1 fully saturated rings. The van der Waals surface area contributed by atoms with Crippen molar-refractivity contribution in [3.8, 4) is 0 Å². The van der Waals surface area contributed by atoms with E-state index in [9.17, 15) is 14.7 Å². The van der Waals surface area contributed by atoms with Gasteiger partial charge in [0.05, 0.1) is 11.6 Å². The molecule has 7 heteroatoms. The van der Waals surface area contributed by atoms with Gasteiger partial charge in [-0.05, 0) is 36.2 Å². The fraction of sp³-hybridized carbons (Fsp3) is 0.238. The molecule has 28 heavy (non-hydrogen) atoms. The first-order chi connectivity index (χ1) is 13.4.